The number of rotatable bonds is 10. The first-order chi connectivity index (χ1) is 15.5. The highest BCUT2D eigenvalue weighted by atomic mass is 35.5. The number of allylic oxidation sites excluding steroid dienone is 1. The van der Waals surface area contributed by atoms with Gasteiger partial charge in [0, 0.05) is 17.3 Å². The molecule has 3 aromatic rings. The van der Waals surface area contributed by atoms with Crippen molar-refractivity contribution >= 4 is 41.2 Å². The second kappa shape index (κ2) is 11.5. The van der Waals surface area contributed by atoms with Crippen LogP contribution >= 0.6 is 23.4 Å². The first kappa shape index (κ1) is 23.6. The average molecular weight is 469 g/mol. The third-order valence-corrected chi connectivity index (χ3v) is 5.85. The van der Waals surface area contributed by atoms with Crippen molar-refractivity contribution in [1.29, 1.82) is 0 Å². The standard InChI is InChI=1S/C23H25ClN6OS/c1-4-13-30-21(15-25-20-11-5-16(2)6-12-20)27-29-23(30)32-17(3)22(31)28-26-14-18-7-9-19(24)10-8-18/h4-12,14,17,25H,1,13,15H2,2-3H3,(H,28,31)/t17-/m1/s1. The van der Waals surface area contributed by atoms with Gasteiger partial charge in [0.25, 0.3) is 5.91 Å². The van der Waals surface area contributed by atoms with Crippen LogP contribution in [0.5, 0.6) is 0 Å². The van der Waals surface area contributed by atoms with E-state index in [0.29, 0.717) is 23.3 Å². The van der Waals surface area contributed by atoms with Gasteiger partial charge in [0.1, 0.15) is 0 Å². The number of halogens is 1. The van der Waals surface area contributed by atoms with E-state index >= 15 is 0 Å². The number of nitrogens with zero attached hydrogens (tertiary/aromatic N) is 4. The molecule has 2 N–H and O–H groups in total. The number of carbonyl (C=O) groups excluding carboxylic acids is 1. The summed E-state index contributed by atoms with van der Waals surface area (Å²) in [6.07, 6.45) is 3.35. The number of aryl methyl sites for hydroxylation is 1. The minimum Gasteiger partial charge on any atom is -0.378 e. The van der Waals surface area contributed by atoms with Crippen molar-refractivity contribution in [2.45, 2.75) is 37.3 Å². The number of hydrogen-bond acceptors (Lipinski definition) is 6. The summed E-state index contributed by atoms with van der Waals surface area (Å²) >= 11 is 7.19. The molecule has 7 nitrogen and oxygen atoms in total. The van der Waals surface area contributed by atoms with Crippen molar-refractivity contribution in [2.24, 2.45) is 5.10 Å². The van der Waals surface area contributed by atoms with Crippen LogP contribution in [0.1, 0.15) is 23.9 Å². The normalized spacial score (nSPS) is 12.0. The van der Waals surface area contributed by atoms with Crippen LogP contribution in [0.3, 0.4) is 0 Å². The van der Waals surface area contributed by atoms with Crippen LogP contribution in [0.2, 0.25) is 5.02 Å². The highest BCUT2D eigenvalue weighted by Crippen LogP contribution is 2.23. The van der Waals surface area contributed by atoms with E-state index in [1.165, 1.54) is 17.3 Å². The Labute approximate surface area is 197 Å². The molecule has 1 amide bonds. The van der Waals surface area contributed by atoms with E-state index in [9.17, 15) is 4.79 Å². The predicted molar refractivity (Wildman–Crippen MR) is 131 cm³/mol. The maximum atomic E-state index is 12.4. The Kier molecular flexibility index (Phi) is 8.47. The van der Waals surface area contributed by atoms with Gasteiger partial charge in [-0.1, -0.05) is 59.3 Å². The van der Waals surface area contributed by atoms with Gasteiger partial charge in [0.05, 0.1) is 18.0 Å². The molecule has 9 heteroatoms. The molecule has 0 aliphatic rings. The number of anilines is 1. The molecule has 0 bridgehead atoms. The average Bonchev–Trinajstić information content (AvgIpc) is 3.16. The molecule has 1 atom stereocenters. The van der Waals surface area contributed by atoms with Crippen molar-refractivity contribution in [1.82, 2.24) is 20.2 Å². The van der Waals surface area contributed by atoms with Gasteiger partial charge < -0.3 is 9.88 Å². The molecule has 0 radical (unpaired) electrons. The highest BCUT2D eigenvalue weighted by Gasteiger charge is 2.19. The van der Waals surface area contributed by atoms with Gasteiger partial charge in [-0.3, -0.25) is 4.79 Å². The third-order valence-electron chi connectivity index (χ3n) is 4.52. The van der Waals surface area contributed by atoms with Crippen LogP contribution in [0.4, 0.5) is 5.69 Å². The van der Waals surface area contributed by atoms with E-state index in [2.05, 4.69) is 32.6 Å². The Balaban J connectivity index is 1.59. The van der Waals surface area contributed by atoms with Crippen molar-refractivity contribution in [3.63, 3.8) is 0 Å². The van der Waals surface area contributed by atoms with Crippen LogP contribution in [0.25, 0.3) is 0 Å². The lowest BCUT2D eigenvalue weighted by Gasteiger charge is -2.12. The molecular weight excluding hydrogens is 444 g/mol. The molecule has 0 fully saturated rings. The van der Waals surface area contributed by atoms with Crippen LogP contribution in [0.15, 0.2) is 71.4 Å². The second-order valence-corrected chi connectivity index (χ2v) is 8.81. The predicted octanol–water partition coefficient (Wildman–Crippen LogP) is 4.67. The number of hydrazone groups is 1. The Morgan fingerprint density at radius 2 is 1.94 bits per heavy atom. The summed E-state index contributed by atoms with van der Waals surface area (Å²) in [5.74, 6) is 0.536. The molecule has 166 valence electrons. The van der Waals surface area contributed by atoms with Gasteiger partial charge in [-0.05, 0) is 43.7 Å². The molecule has 1 aromatic heterocycles. The van der Waals surface area contributed by atoms with Gasteiger partial charge in [-0.25, -0.2) is 5.43 Å². The second-order valence-electron chi connectivity index (χ2n) is 7.06. The zero-order valence-electron chi connectivity index (χ0n) is 18.0. The summed E-state index contributed by atoms with van der Waals surface area (Å²) in [4.78, 5) is 12.4. The lowest BCUT2D eigenvalue weighted by Crippen LogP contribution is -2.27. The Morgan fingerprint density at radius 3 is 2.62 bits per heavy atom. The Hall–Kier alpha value is -3.10. The summed E-state index contributed by atoms with van der Waals surface area (Å²) in [6, 6.07) is 15.3. The first-order valence-electron chi connectivity index (χ1n) is 10.0. The van der Waals surface area contributed by atoms with Crippen molar-refractivity contribution in [3.8, 4) is 0 Å². The van der Waals surface area contributed by atoms with Gasteiger partial charge in [0.15, 0.2) is 11.0 Å². The van der Waals surface area contributed by atoms with Crippen LogP contribution in [0, 0.1) is 6.92 Å². The Bertz CT molecular complexity index is 1080. The molecule has 0 saturated heterocycles. The van der Waals surface area contributed by atoms with Crippen molar-refractivity contribution in [3.05, 3.63) is 83.2 Å². The maximum absolute atomic E-state index is 12.4. The molecule has 0 unspecified atom stereocenters. The SMILES string of the molecule is C=CCn1c(CNc2ccc(C)cc2)nnc1S[C@H](C)C(=O)NN=Cc1ccc(Cl)cc1. The van der Waals surface area contributed by atoms with Crippen LogP contribution in [-0.4, -0.2) is 32.1 Å². The smallest absolute Gasteiger partial charge is 0.253 e. The number of aromatic nitrogens is 3. The molecule has 32 heavy (non-hydrogen) atoms. The number of benzene rings is 2. The molecule has 3 rings (SSSR count). The molecule has 0 saturated carbocycles. The third kappa shape index (κ3) is 6.70. The molecule has 0 aliphatic carbocycles. The topological polar surface area (TPSA) is 84.2 Å². The minimum absolute atomic E-state index is 0.229. The van der Waals surface area contributed by atoms with Crippen LogP contribution in [-0.2, 0) is 17.9 Å². The summed E-state index contributed by atoms with van der Waals surface area (Å²) in [5, 5.41) is 16.8. The first-order valence-corrected chi connectivity index (χ1v) is 11.3. The zero-order chi connectivity index (χ0) is 22.9. The zero-order valence-corrected chi connectivity index (χ0v) is 19.5. The van der Waals surface area contributed by atoms with Gasteiger partial charge >= 0.3 is 0 Å². The fourth-order valence-corrected chi connectivity index (χ4v) is 3.72. The fraction of sp³-hybridized carbons (Fsp3) is 0.217. The lowest BCUT2D eigenvalue weighted by molar-refractivity contribution is -0.120. The van der Waals surface area contributed by atoms with E-state index < -0.39 is 5.25 Å². The molecule has 0 aliphatic heterocycles. The summed E-state index contributed by atoms with van der Waals surface area (Å²) < 4.78 is 1.94. The minimum atomic E-state index is -0.414. The number of nitrogens with one attached hydrogen (secondary N) is 2. The Morgan fingerprint density at radius 1 is 1.22 bits per heavy atom. The number of hydrogen-bond donors (Lipinski definition) is 2. The van der Waals surface area contributed by atoms with E-state index in [-0.39, 0.29) is 5.91 Å². The van der Waals surface area contributed by atoms with E-state index in [0.717, 1.165) is 17.1 Å². The molecule has 1 heterocycles. The summed E-state index contributed by atoms with van der Waals surface area (Å²) in [7, 11) is 0. The number of carbonyl (C=O) groups is 1. The lowest BCUT2D eigenvalue weighted by atomic mass is 10.2. The highest BCUT2D eigenvalue weighted by molar-refractivity contribution is 8.00. The van der Waals surface area contributed by atoms with E-state index in [1.54, 1.807) is 31.3 Å². The molecule has 2 aromatic carbocycles. The van der Waals surface area contributed by atoms with Crippen molar-refractivity contribution < 1.29 is 4.79 Å². The number of thioether (sulfide) groups is 1. The summed E-state index contributed by atoms with van der Waals surface area (Å²) in [5.41, 5.74) is 5.61. The van der Waals surface area contributed by atoms with E-state index in [1.807, 2.05) is 47.9 Å². The molecular formula is C23H25ClN6OS. The van der Waals surface area contributed by atoms with E-state index in [4.69, 9.17) is 11.6 Å². The van der Waals surface area contributed by atoms with Crippen molar-refractivity contribution in [2.75, 3.05) is 5.32 Å². The van der Waals surface area contributed by atoms with Gasteiger partial charge in [-0.2, -0.15) is 5.10 Å². The van der Waals surface area contributed by atoms with Gasteiger partial charge in [0.2, 0.25) is 0 Å². The largest absolute Gasteiger partial charge is 0.378 e. The summed E-state index contributed by atoms with van der Waals surface area (Å²) in [6.45, 7) is 8.73. The quantitative estimate of drug-likeness (QED) is 0.195. The maximum Gasteiger partial charge on any atom is 0.253 e. The van der Waals surface area contributed by atoms with Crippen LogP contribution < -0.4 is 10.7 Å². The molecule has 0 spiro atoms. The van der Waals surface area contributed by atoms with Gasteiger partial charge in [-0.15, -0.1) is 16.8 Å². The monoisotopic (exact) mass is 468 g/mol. The fourth-order valence-electron chi connectivity index (χ4n) is 2.72. The number of amides is 1.